The molecular weight excluding hydrogens is 209 g/mol. The maximum absolute atomic E-state index is 10.9. The molecule has 15 heavy (non-hydrogen) atoms. The Labute approximate surface area is 112 Å². The van der Waals surface area contributed by atoms with E-state index in [1.54, 1.807) is 18.7 Å². The average Bonchev–Trinajstić information content (AvgIpc) is 2.03. The molecule has 6 heteroatoms. The zero-order chi connectivity index (χ0) is 11.1. The fourth-order valence-electron chi connectivity index (χ4n) is 1.51. The van der Waals surface area contributed by atoms with Gasteiger partial charge in [-0.15, -0.1) is 0 Å². The molecule has 0 bridgehead atoms. The second-order valence-corrected chi connectivity index (χ2v) is 3.51. The number of hydrogen-bond acceptors (Lipinski definition) is 4. The Hall–Kier alpha value is 0.350. The number of carbonyl (C=O) groups is 1. The SMILES string of the molecule is CC(C)C(C(=O)O)N(CCO)CCO.[NaH]. The monoisotopic (exact) mass is 229 g/mol. The van der Waals surface area contributed by atoms with Crippen LogP contribution in [0.5, 0.6) is 0 Å². The van der Waals surface area contributed by atoms with Crippen LogP contribution in [0.25, 0.3) is 0 Å². The van der Waals surface area contributed by atoms with Crippen molar-refractivity contribution in [3.05, 3.63) is 0 Å². The van der Waals surface area contributed by atoms with Gasteiger partial charge in [-0.1, -0.05) is 13.8 Å². The van der Waals surface area contributed by atoms with Gasteiger partial charge in [-0.2, -0.15) is 0 Å². The first-order valence-corrected chi connectivity index (χ1v) is 4.73. The molecule has 0 heterocycles. The summed E-state index contributed by atoms with van der Waals surface area (Å²) in [6.07, 6.45) is 0. The van der Waals surface area contributed by atoms with E-state index in [1.165, 1.54) is 0 Å². The van der Waals surface area contributed by atoms with Crippen LogP contribution < -0.4 is 0 Å². The number of rotatable bonds is 7. The van der Waals surface area contributed by atoms with Gasteiger partial charge in [0, 0.05) is 13.1 Å². The third kappa shape index (κ3) is 6.50. The van der Waals surface area contributed by atoms with Gasteiger partial charge in [-0.05, 0) is 5.92 Å². The number of carboxylic acids is 1. The van der Waals surface area contributed by atoms with E-state index >= 15 is 0 Å². The van der Waals surface area contributed by atoms with E-state index < -0.39 is 12.0 Å². The molecule has 0 rings (SSSR count). The van der Waals surface area contributed by atoms with Crippen molar-refractivity contribution in [3.63, 3.8) is 0 Å². The summed E-state index contributed by atoms with van der Waals surface area (Å²) < 4.78 is 0. The quantitative estimate of drug-likeness (QED) is 0.474. The van der Waals surface area contributed by atoms with Gasteiger partial charge in [0.1, 0.15) is 6.04 Å². The molecule has 0 spiro atoms. The Balaban J connectivity index is 0. The Kier molecular flexibility index (Phi) is 11.3. The molecule has 86 valence electrons. The summed E-state index contributed by atoms with van der Waals surface area (Å²) in [6, 6.07) is -0.644. The van der Waals surface area contributed by atoms with E-state index in [4.69, 9.17) is 15.3 Å². The van der Waals surface area contributed by atoms with E-state index in [2.05, 4.69) is 0 Å². The van der Waals surface area contributed by atoms with E-state index in [0.29, 0.717) is 0 Å². The van der Waals surface area contributed by atoms with Gasteiger partial charge in [0.05, 0.1) is 13.2 Å². The topological polar surface area (TPSA) is 81.0 Å². The standard InChI is InChI=1S/C9H19NO4.Na.H/c1-7(2)8(9(13)14)10(3-5-11)4-6-12;;/h7-8,11-12H,3-6H2,1-2H3,(H,13,14);;. The van der Waals surface area contributed by atoms with Gasteiger partial charge < -0.3 is 15.3 Å². The van der Waals surface area contributed by atoms with Crippen LogP contribution in [0.2, 0.25) is 0 Å². The first-order valence-electron chi connectivity index (χ1n) is 4.73. The molecular formula is C9H20NNaO4. The van der Waals surface area contributed by atoms with Gasteiger partial charge in [0.15, 0.2) is 0 Å². The van der Waals surface area contributed by atoms with Crippen LogP contribution in [0.3, 0.4) is 0 Å². The van der Waals surface area contributed by atoms with Crippen LogP contribution in [0.1, 0.15) is 13.8 Å². The van der Waals surface area contributed by atoms with Crippen molar-refractivity contribution >= 4 is 35.5 Å². The van der Waals surface area contributed by atoms with Gasteiger partial charge in [-0.3, -0.25) is 9.69 Å². The Morgan fingerprint density at radius 3 is 1.80 bits per heavy atom. The molecule has 3 N–H and O–H groups in total. The molecule has 5 nitrogen and oxygen atoms in total. The summed E-state index contributed by atoms with van der Waals surface area (Å²) in [6.45, 7) is 3.96. The van der Waals surface area contributed by atoms with Crippen LogP contribution in [0.15, 0.2) is 0 Å². The third-order valence-electron chi connectivity index (χ3n) is 2.05. The second kappa shape index (κ2) is 9.57. The van der Waals surface area contributed by atoms with Crippen molar-refractivity contribution in [2.75, 3.05) is 26.3 Å². The fourth-order valence-corrected chi connectivity index (χ4v) is 1.51. The van der Waals surface area contributed by atoms with Crippen LogP contribution in [-0.2, 0) is 4.79 Å². The summed E-state index contributed by atoms with van der Waals surface area (Å²) in [5, 5.41) is 26.5. The zero-order valence-corrected chi connectivity index (χ0v) is 8.68. The number of carboxylic acid groups (broad SMARTS) is 1. The van der Waals surface area contributed by atoms with Crippen molar-refractivity contribution in [2.45, 2.75) is 19.9 Å². The van der Waals surface area contributed by atoms with Crippen LogP contribution in [-0.4, -0.2) is 88.1 Å². The number of nitrogens with zero attached hydrogens (tertiary/aromatic N) is 1. The van der Waals surface area contributed by atoms with Crippen molar-refractivity contribution in [2.24, 2.45) is 5.92 Å². The molecule has 0 fully saturated rings. The van der Waals surface area contributed by atoms with Gasteiger partial charge in [-0.25, -0.2) is 0 Å². The van der Waals surface area contributed by atoms with E-state index in [1.807, 2.05) is 0 Å². The summed E-state index contributed by atoms with van der Waals surface area (Å²) in [7, 11) is 0. The molecule has 0 aliphatic carbocycles. The average molecular weight is 229 g/mol. The number of aliphatic carboxylic acids is 1. The molecule has 0 aliphatic heterocycles. The predicted octanol–water partition coefficient (Wildman–Crippen LogP) is -1.27. The molecule has 0 amide bonds. The van der Waals surface area contributed by atoms with Crippen LogP contribution in [0.4, 0.5) is 0 Å². The summed E-state index contributed by atoms with van der Waals surface area (Å²) >= 11 is 0. The van der Waals surface area contributed by atoms with Crippen molar-refractivity contribution < 1.29 is 20.1 Å². The molecule has 0 aromatic heterocycles. The molecule has 0 aliphatic rings. The normalized spacial score (nSPS) is 12.7. The summed E-state index contributed by atoms with van der Waals surface area (Å²) in [4.78, 5) is 12.5. The molecule has 0 saturated heterocycles. The summed E-state index contributed by atoms with van der Waals surface area (Å²) in [5.74, 6) is -0.965. The zero-order valence-electron chi connectivity index (χ0n) is 8.68. The molecule has 0 radical (unpaired) electrons. The number of aliphatic hydroxyl groups excluding tert-OH is 2. The Morgan fingerprint density at radius 2 is 1.60 bits per heavy atom. The molecule has 1 unspecified atom stereocenters. The maximum atomic E-state index is 10.9. The van der Waals surface area contributed by atoms with Crippen molar-refractivity contribution in [3.8, 4) is 0 Å². The predicted molar refractivity (Wildman–Crippen MR) is 59.2 cm³/mol. The fraction of sp³-hybridized carbons (Fsp3) is 0.889. The van der Waals surface area contributed by atoms with E-state index in [9.17, 15) is 4.79 Å². The number of hydrogen-bond donors (Lipinski definition) is 3. The Morgan fingerprint density at radius 1 is 1.20 bits per heavy atom. The Bertz CT molecular complexity index is 171. The van der Waals surface area contributed by atoms with E-state index in [0.717, 1.165) is 0 Å². The molecule has 0 aromatic rings. The van der Waals surface area contributed by atoms with Crippen LogP contribution in [0, 0.1) is 5.92 Å². The number of aliphatic hydroxyl groups is 2. The minimum absolute atomic E-state index is 0. The van der Waals surface area contributed by atoms with Gasteiger partial charge >= 0.3 is 35.5 Å². The second-order valence-electron chi connectivity index (χ2n) is 3.51. The van der Waals surface area contributed by atoms with Crippen LogP contribution >= 0.6 is 0 Å². The van der Waals surface area contributed by atoms with Crippen molar-refractivity contribution in [1.29, 1.82) is 0 Å². The van der Waals surface area contributed by atoms with E-state index in [-0.39, 0.29) is 61.8 Å². The minimum atomic E-state index is -0.915. The molecule has 0 aromatic carbocycles. The van der Waals surface area contributed by atoms with Crippen molar-refractivity contribution in [1.82, 2.24) is 4.90 Å². The first kappa shape index (κ1) is 17.7. The molecule has 0 saturated carbocycles. The summed E-state index contributed by atoms with van der Waals surface area (Å²) in [5.41, 5.74) is 0. The first-order chi connectivity index (χ1) is 6.54. The van der Waals surface area contributed by atoms with Gasteiger partial charge in [0.2, 0.25) is 0 Å². The third-order valence-corrected chi connectivity index (χ3v) is 2.05. The van der Waals surface area contributed by atoms with Gasteiger partial charge in [0.25, 0.3) is 0 Å². The molecule has 1 atom stereocenters.